The molecule has 0 radical (unpaired) electrons. The van der Waals surface area contributed by atoms with Gasteiger partial charge in [0.25, 0.3) is 0 Å². The summed E-state index contributed by atoms with van der Waals surface area (Å²) in [6, 6.07) is 9.25. The van der Waals surface area contributed by atoms with Crippen LogP contribution in [0.2, 0.25) is 0 Å². The molecule has 76 valence electrons. The third-order valence-corrected chi connectivity index (χ3v) is 3.81. The Morgan fingerprint density at radius 3 is 2.43 bits per heavy atom. The minimum absolute atomic E-state index is 0.629. The van der Waals surface area contributed by atoms with E-state index in [0.717, 1.165) is 5.92 Å². The molecule has 1 unspecified atom stereocenters. The standard InChI is InChI=1S/C12H16IN/c1-9(10-3-2-4-10)14-12-7-5-11(13)6-8-12/h5-10,14H,2-4H2,1H3. The average Bonchev–Trinajstić information content (AvgIpc) is 2.06. The first-order chi connectivity index (χ1) is 6.75. The van der Waals surface area contributed by atoms with Crippen LogP contribution in [-0.2, 0) is 0 Å². The molecule has 1 nitrogen and oxygen atoms in total. The molecule has 1 fully saturated rings. The lowest BCUT2D eigenvalue weighted by Gasteiger charge is -2.32. The van der Waals surface area contributed by atoms with Crippen LogP contribution in [0.5, 0.6) is 0 Å². The van der Waals surface area contributed by atoms with E-state index in [1.807, 2.05) is 0 Å². The lowest BCUT2D eigenvalue weighted by molar-refractivity contribution is 0.285. The fourth-order valence-electron chi connectivity index (χ4n) is 1.87. The van der Waals surface area contributed by atoms with E-state index < -0.39 is 0 Å². The summed E-state index contributed by atoms with van der Waals surface area (Å²) < 4.78 is 1.30. The van der Waals surface area contributed by atoms with Gasteiger partial charge >= 0.3 is 0 Å². The second-order valence-electron chi connectivity index (χ2n) is 4.13. The highest BCUT2D eigenvalue weighted by molar-refractivity contribution is 14.1. The highest BCUT2D eigenvalue weighted by Crippen LogP contribution is 2.30. The lowest BCUT2D eigenvalue weighted by Crippen LogP contribution is -2.30. The maximum atomic E-state index is 3.57. The molecule has 14 heavy (non-hydrogen) atoms. The molecule has 1 aliphatic rings. The highest BCUT2D eigenvalue weighted by atomic mass is 127. The zero-order chi connectivity index (χ0) is 9.97. The van der Waals surface area contributed by atoms with Crippen LogP contribution in [0.25, 0.3) is 0 Å². The van der Waals surface area contributed by atoms with Crippen molar-refractivity contribution in [3.05, 3.63) is 27.8 Å². The minimum Gasteiger partial charge on any atom is -0.382 e. The molecule has 2 heteroatoms. The van der Waals surface area contributed by atoms with Gasteiger partial charge in [-0.3, -0.25) is 0 Å². The zero-order valence-electron chi connectivity index (χ0n) is 8.46. The fourth-order valence-corrected chi connectivity index (χ4v) is 2.23. The molecule has 1 atom stereocenters. The van der Waals surface area contributed by atoms with E-state index in [1.165, 1.54) is 28.5 Å². The molecule has 0 heterocycles. The van der Waals surface area contributed by atoms with Gasteiger partial charge in [0.05, 0.1) is 0 Å². The van der Waals surface area contributed by atoms with Crippen LogP contribution >= 0.6 is 22.6 Å². The monoisotopic (exact) mass is 301 g/mol. The van der Waals surface area contributed by atoms with E-state index in [2.05, 4.69) is 59.1 Å². The molecule has 1 aromatic carbocycles. The average molecular weight is 301 g/mol. The molecule has 1 aliphatic carbocycles. The number of anilines is 1. The van der Waals surface area contributed by atoms with Gasteiger partial charge < -0.3 is 5.32 Å². The third-order valence-electron chi connectivity index (χ3n) is 3.10. The number of hydrogen-bond donors (Lipinski definition) is 1. The summed E-state index contributed by atoms with van der Waals surface area (Å²) in [5.41, 5.74) is 1.25. The van der Waals surface area contributed by atoms with E-state index in [4.69, 9.17) is 0 Å². The van der Waals surface area contributed by atoms with Crippen LogP contribution in [0.3, 0.4) is 0 Å². The molecule has 0 amide bonds. The van der Waals surface area contributed by atoms with Gasteiger partial charge in [0.1, 0.15) is 0 Å². The lowest BCUT2D eigenvalue weighted by atomic mass is 9.80. The quantitative estimate of drug-likeness (QED) is 0.835. The van der Waals surface area contributed by atoms with E-state index in [-0.39, 0.29) is 0 Å². The van der Waals surface area contributed by atoms with Gasteiger partial charge in [0, 0.05) is 15.3 Å². The molecular formula is C12H16IN. The summed E-state index contributed by atoms with van der Waals surface area (Å²) in [5, 5.41) is 3.57. The van der Waals surface area contributed by atoms with Gasteiger partial charge in [-0.05, 0) is 72.5 Å². The van der Waals surface area contributed by atoms with E-state index in [1.54, 1.807) is 0 Å². The maximum absolute atomic E-state index is 3.57. The van der Waals surface area contributed by atoms with Crippen molar-refractivity contribution in [3.8, 4) is 0 Å². The second-order valence-corrected chi connectivity index (χ2v) is 5.38. The number of rotatable bonds is 3. The normalized spacial score (nSPS) is 18.7. The van der Waals surface area contributed by atoms with Crippen molar-refractivity contribution < 1.29 is 0 Å². The smallest absolute Gasteiger partial charge is 0.0343 e. The number of halogens is 1. The molecule has 1 saturated carbocycles. The molecule has 0 aromatic heterocycles. The van der Waals surface area contributed by atoms with Gasteiger partial charge in [-0.15, -0.1) is 0 Å². The summed E-state index contributed by atoms with van der Waals surface area (Å²) in [5.74, 6) is 0.897. The van der Waals surface area contributed by atoms with Crippen LogP contribution in [0.15, 0.2) is 24.3 Å². The molecular weight excluding hydrogens is 285 g/mol. The first-order valence-corrected chi connectivity index (χ1v) is 6.35. The van der Waals surface area contributed by atoms with E-state index >= 15 is 0 Å². The highest BCUT2D eigenvalue weighted by Gasteiger charge is 2.23. The minimum atomic E-state index is 0.629. The zero-order valence-corrected chi connectivity index (χ0v) is 10.6. The third kappa shape index (κ3) is 2.41. The Morgan fingerprint density at radius 2 is 1.93 bits per heavy atom. The summed E-state index contributed by atoms with van der Waals surface area (Å²) in [6.07, 6.45) is 4.22. The van der Waals surface area contributed by atoms with Gasteiger partial charge in [-0.2, -0.15) is 0 Å². The molecule has 1 aromatic rings. The topological polar surface area (TPSA) is 12.0 Å². The fraction of sp³-hybridized carbons (Fsp3) is 0.500. The molecule has 0 aliphatic heterocycles. The molecule has 2 rings (SSSR count). The van der Waals surface area contributed by atoms with Gasteiger partial charge in [0.2, 0.25) is 0 Å². The SMILES string of the molecule is CC(Nc1ccc(I)cc1)C1CCC1. The van der Waals surface area contributed by atoms with Crippen molar-refractivity contribution in [1.29, 1.82) is 0 Å². The summed E-state index contributed by atoms with van der Waals surface area (Å²) in [7, 11) is 0. The molecule has 1 N–H and O–H groups in total. The predicted octanol–water partition coefficient (Wildman–Crippen LogP) is 3.89. The van der Waals surface area contributed by atoms with Gasteiger partial charge in [-0.1, -0.05) is 6.42 Å². The Balaban J connectivity index is 1.92. The van der Waals surface area contributed by atoms with Crippen molar-refractivity contribution in [1.82, 2.24) is 0 Å². The van der Waals surface area contributed by atoms with Crippen molar-refractivity contribution in [2.45, 2.75) is 32.2 Å². The van der Waals surface area contributed by atoms with Crippen molar-refractivity contribution >= 4 is 28.3 Å². The van der Waals surface area contributed by atoms with Gasteiger partial charge in [-0.25, -0.2) is 0 Å². The Bertz CT molecular complexity index is 290. The van der Waals surface area contributed by atoms with Crippen molar-refractivity contribution in [3.63, 3.8) is 0 Å². The largest absolute Gasteiger partial charge is 0.382 e. The van der Waals surface area contributed by atoms with E-state index in [0.29, 0.717) is 6.04 Å². The van der Waals surface area contributed by atoms with Gasteiger partial charge in [0.15, 0.2) is 0 Å². The van der Waals surface area contributed by atoms with Crippen molar-refractivity contribution in [2.75, 3.05) is 5.32 Å². The maximum Gasteiger partial charge on any atom is 0.0343 e. The van der Waals surface area contributed by atoms with Crippen molar-refractivity contribution in [2.24, 2.45) is 5.92 Å². The number of nitrogens with one attached hydrogen (secondary N) is 1. The van der Waals surface area contributed by atoms with E-state index in [9.17, 15) is 0 Å². The molecule has 0 spiro atoms. The number of hydrogen-bond acceptors (Lipinski definition) is 1. The van der Waals surface area contributed by atoms with Crippen LogP contribution in [0, 0.1) is 9.49 Å². The van der Waals surface area contributed by atoms with Crippen LogP contribution in [-0.4, -0.2) is 6.04 Å². The summed E-state index contributed by atoms with van der Waals surface area (Å²) >= 11 is 2.33. The second kappa shape index (κ2) is 4.51. The van der Waals surface area contributed by atoms with Crippen LogP contribution < -0.4 is 5.32 Å². The predicted molar refractivity (Wildman–Crippen MR) is 69.6 cm³/mol. The number of benzene rings is 1. The molecule has 0 bridgehead atoms. The Morgan fingerprint density at radius 1 is 1.29 bits per heavy atom. The van der Waals surface area contributed by atoms with Crippen LogP contribution in [0.4, 0.5) is 5.69 Å². The summed E-state index contributed by atoms with van der Waals surface area (Å²) in [4.78, 5) is 0. The molecule has 0 saturated heterocycles. The first kappa shape index (κ1) is 10.3. The first-order valence-electron chi connectivity index (χ1n) is 5.28. The Kier molecular flexibility index (Phi) is 3.31. The summed E-state index contributed by atoms with van der Waals surface area (Å²) in [6.45, 7) is 2.29. The Hall–Kier alpha value is -0.250. The van der Waals surface area contributed by atoms with Crippen LogP contribution in [0.1, 0.15) is 26.2 Å². The Labute approximate surface area is 99.4 Å².